The lowest BCUT2D eigenvalue weighted by atomic mass is 10.1. The van der Waals surface area contributed by atoms with Crippen LogP contribution < -0.4 is 11.1 Å². The molecule has 0 aliphatic carbocycles. The molecule has 1 aromatic carbocycles. The second kappa shape index (κ2) is 17.7. The molecule has 0 saturated heterocycles. The average Bonchev–Trinajstić information content (AvgIpc) is 3.06. The van der Waals surface area contributed by atoms with E-state index in [1.165, 1.54) is 16.9 Å². The van der Waals surface area contributed by atoms with Gasteiger partial charge in [0.2, 0.25) is 5.78 Å². The van der Waals surface area contributed by atoms with Gasteiger partial charge in [-0.25, -0.2) is 4.98 Å². The predicted octanol–water partition coefficient (Wildman–Crippen LogP) is 6.37. The molecule has 0 saturated carbocycles. The number of allylic oxidation sites excluding steroid dienone is 2. The second-order valence-electron chi connectivity index (χ2n) is 4.36. The maximum Gasteiger partial charge on any atom is 0.206 e. The van der Waals surface area contributed by atoms with Crippen LogP contribution in [0.25, 0.3) is 0 Å². The zero-order valence-electron chi connectivity index (χ0n) is 16.3. The van der Waals surface area contributed by atoms with Crippen molar-refractivity contribution >= 4 is 39.7 Å². The third kappa shape index (κ3) is 10.7. The van der Waals surface area contributed by atoms with Gasteiger partial charge in [-0.1, -0.05) is 86.2 Å². The average molecular weight is 396 g/mol. The highest BCUT2D eigenvalue weighted by Gasteiger charge is 2.16. The van der Waals surface area contributed by atoms with E-state index < -0.39 is 0 Å². The number of ketones is 1. The molecule has 26 heavy (non-hydrogen) atoms. The van der Waals surface area contributed by atoms with E-state index in [-0.39, 0.29) is 11.6 Å². The molecule has 0 aliphatic heterocycles. The summed E-state index contributed by atoms with van der Waals surface area (Å²) >= 11 is 6.39. The lowest BCUT2D eigenvalue weighted by Crippen LogP contribution is -2.02. The molecule has 0 bridgehead atoms. The fourth-order valence-corrected chi connectivity index (χ4v) is 2.39. The monoisotopic (exact) mass is 395 g/mol. The Morgan fingerprint density at radius 2 is 1.88 bits per heavy atom. The van der Waals surface area contributed by atoms with Crippen LogP contribution in [0.2, 0.25) is 0 Å². The van der Waals surface area contributed by atoms with Crippen molar-refractivity contribution in [3.8, 4) is 0 Å². The Bertz CT molecular complexity index is 640. The number of anilines is 2. The number of hydrogen-bond acceptors (Lipinski definition) is 5. The van der Waals surface area contributed by atoms with Crippen LogP contribution in [0.1, 0.15) is 49.4 Å². The van der Waals surface area contributed by atoms with Crippen LogP contribution in [0.3, 0.4) is 0 Å². The van der Waals surface area contributed by atoms with Crippen LogP contribution in [0, 0.1) is 0 Å². The summed E-state index contributed by atoms with van der Waals surface area (Å²) < 4.78 is 0. The van der Waals surface area contributed by atoms with Crippen LogP contribution in [0.5, 0.6) is 0 Å². The first kappa shape index (κ1) is 26.1. The van der Waals surface area contributed by atoms with Crippen molar-refractivity contribution < 1.29 is 4.79 Å². The van der Waals surface area contributed by atoms with Crippen molar-refractivity contribution in [1.82, 2.24) is 4.98 Å². The van der Waals surface area contributed by atoms with E-state index in [9.17, 15) is 4.79 Å². The van der Waals surface area contributed by atoms with Gasteiger partial charge in [0.25, 0.3) is 0 Å². The zero-order valence-corrected chi connectivity index (χ0v) is 17.8. The van der Waals surface area contributed by atoms with Gasteiger partial charge in [0.05, 0.1) is 0 Å². The minimum absolute atomic E-state index is 0.0860. The molecule has 1 aromatic heterocycles. The van der Waals surface area contributed by atoms with E-state index >= 15 is 0 Å². The van der Waals surface area contributed by atoms with Gasteiger partial charge in [0, 0.05) is 18.1 Å². The summed E-state index contributed by atoms with van der Waals surface area (Å²) in [7, 11) is 1.75. The molecular weight excluding hydrogens is 366 g/mol. The van der Waals surface area contributed by atoms with Crippen LogP contribution in [0.4, 0.5) is 10.9 Å². The van der Waals surface area contributed by atoms with Gasteiger partial charge in [-0.2, -0.15) is 0 Å². The van der Waals surface area contributed by atoms with Gasteiger partial charge in [0.1, 0.15) is 10.7 Å². The fraction of sp³-hybridized carbons (Fsp3) is 0.300. The molecule has 0 spiro atoms. The number of carbonyl (C=O) groups excluding carboxylic acids is 1. The molecule has 2 aromatic rings. The number of halogens is 1. The van der Waals surface area contributed by atoms with Crippen molar-refractivity contribution in [3.05, 3.63) is 65.0 Å². The van der Waals surface area contributed by atoms with Crippen molar-refractivity contribution in [2.24, 2.45) is 0 Å². The van der Waals surface area contributed by atoms with Gasteiger partial charge in [0.15, 0.2) is 5.13 Å². The van der Waals surface area contributed by atoms with Gasteiger partial charge in [-0.15, -0.1) is 6.58 Å². The quantitative estimate of drug-likeness (QED) is 0.466. The molecule has 0 amide bonds. The summed E-state index contributed by atoms with van der Waals surface area (Å²) in [5.74, 6) is 0.195. The normalized spacial score (nSPS) is 8.85. The molecule has 0 fully saturated rings. The molecule has 0 unspecified atom stereocenters. The highest BCUT2D eigenvalue weighted by Crippen LogP contribution is 2.26. The highest BCUT2D eigenvalue weighted by atomic mass is 35.5. The van der Waals surface area contributed by atoms with E-state index in [1.807, 2.05) is 52.0 Å². The zero-order chi connectivity index (χ0) is 20.4. The number of aromatic nitrogens is 1. The third-order valence-electron chi connectivity index (χ3n) is 2.43. The molecule has 0 radical (unpaired) electrons. The molecule has 144 valence electrons. The third-order valence-corrected chi connectivity index (χ3v) is 3.70. The van der Waals surface area contributed by atoms with Gasteiger partial charge in [-0.05, 0) is 13.3 Å². The standard InChI is InChI=1S/C11H11N3OS.C4H7Cl.C3H6.C2H6/c1-13-11-14-10(12)9(16-11)8(15)7-5-3-2-4-6-7;1-2-3-4-5;1-3-2;1-2/h2-6H,12H2,1H3,(H,13,14);3-4H,2H2,1H3;3H,1H2,2H3;1-2H3/b;4-3+;;. The summed E-state index contributed by atoms with van der Waals surface area (Å²) in [5, 5.41) is 3.52. The van der Waals surface area contributed by atoms with E-state index in [4.69, 9.17) is 17.3 Å². The minimum atomic E-state index is -0.0860. The van der Waals surface area contributed by atoms with Gasteiger partial charge < -0.3 is 11.1 Å². The number of hydrogen-bond donors (Lipinski definition) is 2. The number of nitrogens with one attached hydrogen (secondary N) is 1. The van der Waals surface area contributed by atoms with Crippen LogP contribution in [-0.2, 0) is 0 Å². The molecule has 0 aliphatic rings. The number of thiazole rings is 1. The van der Waals surface area contributed by atoms with Crippen LogP contribution in [0.15, 0.2) is 54.6 Å². The molecule has 6 heteroatoms. The van der Waals surface area contributed by atoms with Crippen molar-refractivity contribution in [2.45, 2.75) is 34.1 Å². The van der Waals surface area contributed by atoms with Crippen LogP contribution >= 0.6 is 22.9 Å². The maximum absolute atomic E-state index is 12.1. The molecule has 0 atom stereocenters. The number of nitrogens with zero attached hydrogens (tertiary/aromatic N) is 1. The predicted molar refractivity (Wildman–Crippen MR) is 118 cm³/mol. The van der Waals surface area contributed by atoms with Gasteiger partial charge in [-0.3, -0.25) is 4.79 Å². The molecular formula is C20H30ClN3OS. The summed E-state index contributed by atoms with van der Waals surface area (Å²) in [6.45, 7) is 11.3. The minimum Gasteiger partial charge on any atom is -0.382 e. The van der Waals surface area contributed by atoms with E-state index in [0.29, 0.717) is 15.6 Å². The Kier molecular flexibility index (Phi) is 17.8. The molecule has 2 rings (SSSR count). The number of nitrogen functional groups attached to an aromatic ring is 1. The van der Waals surface area contributed by atoms with E-state index in [2.05, 4.69) is 16.9 Å². The highest BCUT2D eigenvalue weighted by molar-refractivity contribution is 7.18. The Morgan fingerprint density at radius 3 is 2.23 bits per heavy atom. The van der Waals surface area contributed by atoms with E-state index in [0.717, 1.165) is 6.42 Å². The van der Waals surface area contributed by atoms with E-state index in [1.54, 1.807) is 25.3 Å². The summed E-state index contributed by atoms with van der Waals surface area (Å²) in [6.07, 6.45) is 4.67. The maximum atomic E-state index is 12.1. The molecule has 3 N–H and O–H groups in total. The number of nitrogens with two attached hydrogens (primary N) is 1. The second-order valence-corrected chi connectivity index (χ2v) is 5.61. The Labute approximate surface area is 166 Å². The smallest absolute Gasteiger partial charge is 0.206 e. The lowest BCUT2D eigenvalue weighted by molar-refractivity contribution is 0.104. The summed E-state index contributed by atoms with van der Waals surface area (Å²) in [6, 6.07) is 9.04. The van der Waals surface area contributed by atoms with Crippen molar-refractivity contribution in [1.29, 1.82) is 0 Å². The molecule has 4 nitrogen and oxygen atoms in total. The first-order chi connectivity index (χ1) is 12.5. The van der Waals surface area contributed by atoms with Gasteiger partial charge >= 0.3 is 0 Å². The Balaban J connectivity index is 0. The number of carbonyl (C=O) groups is 1. The van der Waals surface area contributed by atoms with Crippen molar-refractivity contribution in [2.75, 3.05) is 18.1 Å². The van der Waals surface area contributed by atoms with Crippen LogP contribution in [-0.4, -0.2) is 17.8 Å². The number of rotatable bonds is 4. The lowest BCUT2D eigenvalue weighted by Gasteiger charge is -1.97. The van der Waals surface area contributed by atoms with Crippen molar-refractivity contribution in [3.63, 3.8) is 0 Å². The first-order valence-corrected chi connectivity index (χ1v) is 9.66. The molecule has 1 heterocycles. The first-order valence-electron chi connectivity index (χ1n) is 8.41. The summed E-state index contributed by atoms with van der Waals surface area (Å²) in [4.78, 5) is 16.6. The topological polar surface area (TPSA) is 68.0 Å². The Hall–Kier alpha value is -2.11. The summed E-state index contributed by atoms with van der Waals surface area (Å²) in [5.41, 5.74) is 7.85. The number of benzene rings is 1. The fourth-order valence-electron chi connectivity index (χ4n) is 1.41. The Morgan fingerprint density at radius 1 is 1.35 bits per heavy atom. The SMILES string of the molecule is C=CC.CC.CC/C=C/Cl.CNc1nc(N)c(C(=O)c2ccccc2)s1. The largest absolute Gasteiger partial charge is 0.382 e.